The summed E-state index contributed by atoms with van der Waals surface area (Å²) in [5, 5.41) is 10.9. The van der Waals surface area contributed by atoms with Crippen molar-refractivity contribution in [2.45, 2.75) is 0 Å². The van der Waals surface area contributed by atoms with Crippen LogP contribution in [0.3, 0.4) is 0 Å². The second kappa shape index (κ2) is 14.7. The van der Waals surface area contributed by atoms with E-state index in [4.69, 9.17) is 24.5 Å². The fourth-order valence-corrected chi connectivity index (χ4v) is 8.69. The Hall–Kier alpha value is -8.48. The molecular formula is C56H35N5O. The van der Waals surface area contributed by atoms with Crippen molar-refractivity contribution in [3.63, 3.8) is 0 Å². The van der Waals surface area contributed by atoms with Gasteiger partial charge in [0.1, 0.15) is 16.9 Å². The minimum Gasteiger partial charge on any atom is -0.455 e. The summed E-state index contributed by atoms with van der Waals surface area (Å²) in [7, 11) is 0. The Bertz CT molecular complexity index is 3600. The maximum atomic E-state index is 6.37. The predicted molar refractivity (Wildman–Crippen MR) is 252 cm³/mol. The second-order valence-electron chi connectivity index (χ2n) is 15.4. The number of benzene rings is 9. The van der Waals surface area contributed by atoms with E-state index >= 15 is 0 Å². The summed E-state index contributed by atoms with van der Waals surface area (Å²) in [6.07, 6.45) is 0. The summed E-state index contributed by atoms with van der Waals surface area (Å²) in [5.41, 5.74) is 12.8. The van der Waals surface area contributed by atoms with Gasteiger partial charge in [0.2, 0.25) is 0 Å². The van der Waals surface area contributed by atoms with Crippen LogP contribution in [0.4, 0.5) is 0 Å². The monoisotopic (exact) mass is 793 g/mol. The predicted octanol–water partition coefficient (Wildman–Crippen LogP) is 14.3. The molecular weight excluding hydrogens is 759 g/mol. The molecule has 0 fully saturated rings. The third-order valence-electron chi connectivity index (χ3n) is 11.7. The number of nitrogens with zero attached hydrogens (tertiary/aromatic N) is 5. The largest absolute Gasteiger partial charge is 0.455 e. The third-order valence-corrected chi connectivity index (χ3v) is 11.7. The number of hydrogen-bond acceptors (Lipinski definition) is 5. The van der Waals surface area contributed by atoms with Gasteiger partial charge in [0.05, 0.1) is 11.2 Å². The maximum Gasteiger partial charge on any atom is 0.164 e. The minimum atomic E-state index is 0.599. The van der Waals surface area contributed by atoms with E-state index in [2.05, 4.69) is 156 Å². The van der Waals surface area contributed by atoms with Crippen molar-refractivity contribution in [3.05, 3.63) is 212 Å². The zero-order valence-electron chi connectivity index (χ0n) is 33.4. The quantitative estimate of drug-likeness (QED) is 0.161. The summed E-state index contributed by atoms with van der Waals surface area (Å²) in [6, 6.07) is 73.3. The highest BCUT2D eigenvalue weighted by Crippen LogP contribution is 2.42. The lowest BCUT2D eigenvalue weighted by molar-refractivity contribution is 0.670. The van der Waals surface area contributed by atoms with Crippen LogP contribution in [-0.2, 0) is 0 Å². The standard InChI is InChI=1S/C56H35N5O/c1-4-15-38(16-5-1)51-50-48(35-42-19-10-11-22-44(42)52(50)61(60-51)43-20-8-3-9-21-43)37-29-33-41(34-30-37)56-58-54(39-17-6-2-7-18-39)57-55(59-56)40-31-27-36(28-32-40)45-24-14-25-47-46-23-12-13-26-49(46)62-53(45)47/h1-35H. The minimum absolute atomic E-state index is 0.599. The Kier molecular flexibility index (Phi) is 8.38. The van der Waals surface area contributed by atoms with Gasteiger partial charge in [-0.1, -0.05) is 188 Å². The van der Waals surface area contributed by atoms with Crippen molar-refractivity contribution in [1.82, 2.24) is 24.7 Å². The van der Waals surface area contributed by atoms with E-state index in [-0.39, 0.29) is 0 Å². The highest BCUT2D eigenvalue weighted by atomic mass is 16.3. The van der Waals surface area contributed by atoms with E-state index in [9.17, 15) is 0 Å². The van der Waals surface area contributed by atoms with Crippen molar-refractivity contribution in [2.24, 2.45) is 0 Å². The molecule has 0 bridgehead atoms. The first-order chi connectivity index (χ1) is 30.7. The Morgan fingerprint density at radius 3 is 1.53 bits per heavy atom. The van der Waals surface area contributed by atoms with E-state index in [1.54, 1.807) is 0 Å². The van der Waals surface area contributed by atoms with Crippen LogP contribution in [0.1, 0.15) is 0 Å². The molecule has 9 aromatic carbocycles. The van der Waals surface area contributed by atoms with Crippen molar-refractivity contribution in [1.29, 1.82) is 0 Å². The lowest BCUT2D eigenvalue weighted by Crippen LogP contribution is -2.00. The first-order valence-corrected chi connectivity index (χ1v) is 20.7. The Morgan fingerprint density at radius 1 is 0.371 bits per heavy atom. The first-order valence-electron chi connectivity index (χ1n) is 20.7. The molecule has 0 amide bonds. The zero-order chi connectivity index (χ0) is 41.0. The van der Waals surface area contributed by atoms with Gasteiger partial charge in [0.15, 0.2) is 17.5 Å². The number of aromatic nitrogens is 5. The molecule has 0 unspecified atom stereocenters. The molecule has 12 rings (SSSR count). The van der Waals surface area contributed by atoms with E-state index in [1.807, 2.05) is 60.7 Å². The summed E-state index contributed by atoms with van der Waals surface area (Å²) in [4.78, 5) is 15.2. The fourth-order valence-electron chi connectivity index (χ4n) is 8.69. The van der Waals surface area contributed by atoms with Gasteiger partial charge < -0.3 is 4.42 Å². The lowest BCUT2D eigenvalue weighted by Gasteiger charge is -2.12. The Morgan fingerprint density at radius 2 is 0.871 bits per heavy atom. The lowest BCUT2D eigenvalue weighted by atomic mass is 9.93. The van der Waals surface area contributed by atoms with Crippen molar-refractivity contribution in [2.75, 3.05) is 0 Å². The number of hydrogen-bond donors (Lipinski definition) is 0. The van der Waals surface area contributed by atoms with E-state index < -0.39 is 0 Å². The molecule has 0 aliphatic rings. The second-order valence-corrected chi connectivity index (χ2v) is 15.4. The fraction of sp³-hybridized carbons (Fsp3) is 0. The number of fused-ring (bicyclic) bond motifs is 6. The van der Waals surface area contributed by atoms with E-state index in [0.717, 1.165) is 99.5 Å². The average molecular weight is 794 g/mol. The van der Waals surface area contributed by atoms with Crippen LogP contribution in [0.5, 0.6) is 0 Å². The van der Waals surface area contributed by atoms with Crippen LogP contribution in [0.2, 0.25) is 0 Å². The SMILES string of the molecule is c1ccc(-c2nc(-c3ccc(-c4cccc5c4oc4ccccc45)cc3)nc(-c3ccc(-c4cc5ccccc5c5c4c(-c4ccccc4)nn5-c4ccccc4)cc3)n2)cc1. The van der Waals surface area contributed by atoms with Gasteiger partial charge in [-0.05, 0) is 46.3 Å². The molecule has 6 nitrogen and oxygen atoms in total. The van der Waals surface area contributed by atoms with E-state index in [1.165, 1.54) is 0 Å². The van der Waals surface area contributed by atoms with Crippen molar-refractivity contribution < 1.29 is 4.42 Å². The maximum absolute atomic E-state index is 6.37. The molecule has 3 heterocycles. The summed E-state index contributed by atoms with van der Waals surface area (Å²) in [5.74, 6) is 1.81. The van der Waals surface area contributed by atoms with Crippen LogP contribution >= 0.6 is 0 Å². The van der Waals surface area contributed by atoms with Gasteiger partial charge in [-0.25, -0.2) is 19.6 Å². The van der Waals surface area contributed by atoms with Gasteiger partial charge >= 0.3 is 0 Å². The number of rotatable bonds is 7. The summed E-state index contributed by atoms with van der Waals surface area (Å²) >= 11 is 0. The molecule has 0 saturated heterocycles. The molecule has 3 aromatic heterocycles. The highest BCUT2D eigenvalue weighted by molar-refractivity contribution is 6.17. The molecule has 0 radical (unpaired) electrons. The molecule has 0 aliphatic heterocycles. The molecule has 0 saturated carbocycles. The van der Waals surface area contributed by atoms with Crippen LogP contribution in [0.15, 0.2) is 217 Å². The van der Waals surface area contributed by atoms with Crippen LogP contribution in [0, 0.1) is 0 Å². The molecule has 62 heavy (non-hydrogen) atoms. The normalized spacial score (nSPS) is 11.5. The molecule has 290 valence electrons. The average Bonchev–Trinajstić information content (AvgIpc) is 3.95. The van der Waals surface area contributed by atoms with Crippen LogP contribution in [0.25, 0.3) is 117 Å². The number of para-hydroxylation sites is 3. The molecule has 6 heteroatoms. The molecule has 0 N–H and O–H groups in total. The van der Waals surface area contributed by atoms with Gasteiger partial charge in [0, 0.05) is 49.4 Å². The summed E-state index contributed by atoms with van der Waals surface area (Å²) < 4.78 is 8.47. The molecule has 0 aliphatic carbocycles. The van der Waals surface area contributed by atoms with Crippen molar-refractivity contribution in [3.8, 4) is 73.4 Å². The molecule has 0 spiro atoms. The van der Waals surface area contributed by atoms with Gasteiger partial charge in [-0.15, -0.1) is 0 Å². The van der Waals surface area contributed by atoms with Gasteiger partial charge in [0.25, 0.3) is 0 Å². The van der Waals surface area contributed by atoms with Crippen LogP contribution in [-0.4, -0.2) is 24.7 Å². The molecule has 0 atom stereocenters. The Balaban J connectivity index is 0.976. The zero-order valence-corrected chi connectivity index (χ0v) is 33.4. The van der Waals surface area contributed by atoms with Gasteiger partial charge in [-0.3, -0.25) is 0 Å². The first kappa shape index (κ1) is 35.5. The number of furan rings is 1. The smallest absolute Gasteiger partial charge is 0.164 e. The summed E-state index contributed by atoms with van der Waals surface area (Å²) in [6.45, 7) is 0. The highest BCUT2D eigenvalue weighted by Gasteiger charge is 2.22. The Labute approximate surface area is 357 Å². The van der Waals surface area contributed by atoms with Crippen molar-refractivity contribution >= 4 is 43.6 Å². The van der Waals surface area contributed by atoms with E-state index in [0.29, 0.717) is 17.5 Å². The van der Waals surface area contributed by atoms with Gasteiger partial charge in [-0.2, -0.15) is 5.10 Å². The molecule has 12 aromatic rings. The topological polar surface area (TPSA) is 69.6 Å². The third kappa shape index (κ3) is 6.04. The van der Waals surface area contributed by atoms with Crippen LogP contribution < -0.4 is 0 Å².